The van der Waals surface area contributed by atoms with Gasteiger partial charge in [-0.25, -0.2) is 0 Å². The fourth-order valence-electron chi connectivity index (χ4n) is 1.91. The zero-order valence-corrected chi connectivity index (χ0v) is 8.43. The van der Waals surface area contributed by atoms with Gasteiger partial charge in [0.2, 0.25) is 0 Å². The summed E-state index contributed by atoms with van der Waals surface area (Å²) in [6, 6.07) is 6.85. The maximum absolute atomic E-state index is 11.6. The molecular formula is C11H10N2O3. The van der Waals surface area contributed by atoms with Crippen LogP contribution in [0.3, 0.4) is 0 Å². The summed E-state index contributed by atoms with van der Waals surface area (Å²) >= 11 is 0. The van der Waals surface area contributed by atoms with Gasteiger partial charge in [-0.1, -0.05) is 12.1 Å². The maximum atomic E-state index is 11.6. The second-order valence-corrected chi connectivity index (χ2v) is 3.68. The van der Waals surface area contributed by atoms with Gasteiger partial charge in [-0.2, -0.15) is 0 Å². The molecule has 2 N–H and O–H groups in total. The van der Waals surface area contributed by atoms with Crippen LogP contribution < -0.4 is 5.56 Å². The third-order valence-electron chi connectivity index (χ3n) is 2.71. The highest BCUT2D eigenvalue weighted by molar-refractivity contribution is 5.46. The lowest BCUT2D eigenvalue weighted by molar-refractivity contribution is 0.130. The lowest BCUT2D eigenvalue weighted by atomic mass is 10.2. The molecular weight excluding hydrogens is 208 g/mol. The predicted octanol–water partition coefficient (Wildman–Crippen LogP) is 0.901. The van der Waals surface area contributed by atoms with E-state index in [9.17, 15) is 9.90 Å². The first kappa shape index (κ1) is 9.23. The number of aromatic amines is 1. The topological polar surface area (TPSA) is 67.2 Å². The number of ether oxygens (including phenoxy) is 1. The molecule has 0 spiro atoms. The van der Waals surface area contributed by atoms with E-state index < -0.39 is 0 Å². The normalized spacial score (nSPS) is 14.0. The number of phenols is 1. The first-order valence-electron chi connectivity index (χ1n) is 4.96. The van der Waals surface area contributed by atoms with Gasteiger partial charge in [-0.3, -0.25) is 14.6 Å². The number of nitrogens with zero attached hydrogens (tertiary/aromatic N) is 1. The molecule has 0 amide bonds. The number of nitrogens with one attached hydrogen (secondary N) is 1. The second-order valence-electron chi connectivity index (χ2n) is 3.68. The Kier molecular flexibility index (Phi) is 1.87. The summed E-state index contributed by atoms with van der Waals surface area (Å²) in [6.45, 7) is 0.730. The molecule has 2 aromatic rings. The van der Waals surface area contributed by atoms with E-state index >= 15 is 0 Å². The standard InChI is InChI=1S/C11H10N2O3/c14-10-4-2-1-3-8(10)13-9-6-16-5-7(9)11(15)12-13/h1-4,14H,5-6H2,(H,12,15). The maximum Gasteiger partial charge on any atom is 0.270 e. The number of para-hydroxylation sites is 2. The fraction of sp³-hybridized carbons (Fsp3) is 0.182. The number of aromatic hydroxyl groups is 1. The molecule has 3 rings (SSSR count). The van der Waals surface area contributed by atoms with Crippen LogP contribution >= 0.6 is 0 Å². The van der Waals surface area contributed by atoms with E-state index in [1.54, 1.807) is 28.9 Å². The Balaban J connectivity index is 2.25. The van der Waals surface area contributed by atoms with E-state index in [0.717, 1.165) is 5.69 Å². The Morgan fingerprint density at radius 2 is 2.12 bits per heavy atom. The van der Waals surface area contributed by atoms with Crippen molar-refractivity contribution in [2.75, 3.05) is 0 Å². The van der Waals surface area contributed by atoms with Crippen molar-refractivity contribution in [1.29, 1.82) is 0 Å². The minimum absolute atomic E-state index is 0.128. The number of phenolic OH excluding ortho intramolecular Hbond substituents is 1. The molecule has 5 heteroatoms. The molecule has 1 aromatic carbocycles. The van der Waals surface area contributed by atoms with E-state index in [0.29, 0.717) is 24.5 Å². The molecule has 0 atom stereocenters. The van der Waals surface area contributed by atoms with Gasteiger partial charge in [0.05, 0.1) is 24.5 Å². The van der Waals surface area contributed by atoms with Crippen LogP contribution in [0, 0.1) is 0 Å². The highest BCUT2D eigenvalue weighted by Gasteiger charge is 2.22. The summed E-state index contributed by atoms with van der Waals surface area (Å²) in [5, 5.41) is 12.4. The average molecular weight is 218 g/mol. The number of rotatable bonds is 1. The van der Waals surface area contributed by atoms with Gasteiger partial charge in [0.1, 0.15) is 11.4 Å². The minimum Gasteiger partial charge on any atom is -0.506 e. The van der Waals surface area contributed by atoms with Crippen LogP contribution in [-0.4, -0.2) is 14.9 Å². The van der Waals surface area contributed by atoms with Crippen LogP contribution in [0.25, 0.3) is 5.69 Å². The van der Waals surface area contributed by atoms with Crippen molar-refractivity contribution in [3.8, 4) is 11.4 Å². The molecule has 0 saturated heterocycles. The third-order valence-corrected chi connectivity index (χ3v) is 2.71. The lowest BCUT2D eigenvalue weighted by Crippen LogP contribution is -2.08. The molecule has 0 unspecified atom stereocenters. The van der Waals surface area contributed by atoms with Gasteiger partial charge < -0.3 is 9.84 Å². The quantitative estimate of drug-likeness (QED) is 0.747. The Morgan fingerprint density at radius 1 is 1.31 bits per heavy atom. The molecule has 5 nitrogen and oxygen atoms in total. The van der Waals surface area contributed by atoms with E-state index in [2.05, 4.69) is 5.10 Å². The molecule has 0 radical (unpaired) electrons. The monoisotopic (exact) mass is 218 g/mol. The summed E-state index contributed by atoms with van der Waals surface area (Å²) in [4.78, 5) is 11.6. The van der Waals surface area contributed by atoms with Crippen LogP contribution in [0.4, 0.5) is 0 Å². The van der Waals surface area contributed by atoms with Gasteiger partial charge in [-0.15, -0.1) is 0 Å². The minimum atomic E-state index is -0.157. The van der Waals surface area contributed by atoms with Crippen LogP contribution in [0.1, 0.15) is 11.3 Å². The zero-order valence-electron chi connectivity index (χ0n) is 8.43. The van der Waals surface area contributed by atoms with Gasteiger partial charge >= 0.3 is 0 Å². The second kappa shape index (κ2) is 3.24. The largest absolute Gasteiger partial charge is 0.506 e. The molecule has 0 aliphatic carbocycles. The van der Waals surface area contributed by atoms with Crippen LogP contribution in [0.2, 0.25) is 0 Å². The number of hydrogen-bond donors (Lipinski definition) is 2. The number of aromatic nitrogens is 2. The average Bonchev–Trinajstić information content (AvgIpc) is 2.84. The van der Waals surface area contributed by atoms with E-state index in [1.807, 2.05) is 0 Å². The molecule has 0 fully saturated rings. The molecule has 0 bridgehead atoms. The summed E-state index contributed by atoms with van der Waals surface area (Å²) in [5.41, 5.74) is 1.83. The molecule has 82 valence electrons. The van der Waals surface area contributed by atoms with Gasteiger partial charge in [0, 0.05) is 0 Å². The van der Waals surface area contributed by atoms with Crippen molar-refractivity contribution in [3.63, 3.8) is 0 Å². The predicted molar refractivity (Wildman–Crippen MR) is 56.5 cm³/mol. The number of benzene rings is 1. The van der Waals surface area contributed by atoms with Crippen LogP contribution in [0.5, 0.6) is 5.75 Å². The first-order chi connectivity index (χ1) is 7.77. The van der Waals surface area contributed by atoms with Crippen molar-refractivity contribution in [1.82, 2.24) is 9.78 Å². The number of fused-ring (bicyclic) bond motifs is 1. The Bertz CT molecular complexity index is 598. The molecule has 1 aliphatic rings. The van der Waals surface area contributed by atoms with Gasteiger partial charge in [-0.05, 0) is 12.1 Å². The zero-order chi connectivity index (χ0) is 11.1. The highest BCUT2D eigenvalue weighted by atomic mass is 16.5. The van der Waals surface area contributed by atoms with E-state index in [4.69, 9.17) is 4.74 Å². The molecule has 16 heavy (non-hydrogen) atoms. The van der Waals surface area contributed by atoms with Crippen LogP contribution in [0.15, 0.2) is 29.1 Å². The first-order valence-corrected chi connectivity index (χ1v) is 4.96. The van der Waals surface area contributed by atoms with Crippen molar-refractivity contribution in [2.24, 2.45) is 0 Å². The summed E-state index contributed by atoms with van der Waals surface area (Å²) in [7, 11) is 0. The summed E-state index contributed by atoms with van der Waals surface area (Å²) < 4.78 is 6.80. The summed E-state index contributed by atoms with van der Waals surface area (Å²) in [6.07, 6.45) is 0. The van der Waals surface area contributed by atoms with Crippen LogP contribution in [-0.2, 0) is 18.0 Å². The Morgan fingerprint density at radius 3 is 2.94 bits per heavy atom. The number of hydrogen-bond acceptors (Lipinski definition) is 3. The van der Waals surface area contributed by atoms with Gasteiger partial charge in [0.25, 0.3) is 5.56 Å². The highest BCUT2D eigenvalue weighted by Crippen LogP contribution is 2.24. The van der Waals surface area contributed by atoms with Crippen molar-refractivity contribution < 1.29 is 9.84 Å². The SMILES string of the molecule is O=c1[nH]n(-c2ccccc2O)c2c1COC2. The third kappa shape index (κ3) is 1.18. The smallest absolute Gasteiger partial charge is 0.270 e. The van der Waals surface area contributed by atoms with Crippen molar-refractivity contribution >= 4 is 0 Å². The summed E-state index contributed by atoms with van der Waals surface area (Å²) in [5.74, 6) is 0.128. The number of H-pyrrole nitrogens is 1. The lowest BCUT2D eigenvalue weighted by Gasteiger charge is -2.07. The van der Waals surface area contributed by atoms with Gasteiger partial charge in [0.15, 0.2) is 0 Å². The Hall–Kier alpha value is -2.01. The Labute approximate surface area is 90.9 Å². The molecule has 0 saturated carbocycles. The van der Waals surface area contributed by atoms with Crippen molar-refractivity contribution in [2.45, 2.75) is 13.2 Å². The molecule has 1 aromatic heterocycles. The molecule has 2 heterocycles. The van der Waals surface area contributed by atoms with Crippen molar-refractivity contribution in [3.05, 3.63) is 45.9 Å². The fourth-order valence-corrected chi connectivity index (χ4v) is 1.91. The van der Waals surface area contributed by atoms with E-state index in [1.165, 1.54) is 0 Å². The molecule has 1 aliphatic heterocycles. The van der Waals surface area contributed by atoms with E-state index in [-0.39, 0.29) is 11.3 Å².